The van der Waals surface area contributed by atoms with Gasteiger partial charge in [0, 0.05) is 13.7 Å². The molecule has 0 aliphatic heterocycles. The Hall–Kier alpha value is -1.09. The first-order valence-electron chi connectivity index (χ1n) is 6.28. The van der Waals surface area contributed by atoms with E-state index >= 15 is 0 Å². The van der Waals surface area contributed by atoms with Gasteiger partial charge in [0.1, 0.15) is 4.90 Å². The van der Waals surface area contributed by atoms with Crippen LogP contribution in [0.2, 0.25) is 0 Å². The van der Waals surface area contributed by atoms with Gasteiger partial charge in [-0.05, 0) is 38.6 Å². The second-order valence-electron chi connectivity index (χ2n) is 5.34. The fourth-order valence-corrected chi connectivity index (χ4v) is 3.46. The monoisotopic (exact) mass is 322 g/mol. The average Bonchev–Trinajstić information content (AvgIpc) is 2.32. The van der Waals surface area contributed by atoms with Crippen LogP contribution in [0.3, 0.4) is 0 Å². The first-order valence-corrected chi connectivity index (χ1v) is 7.76. The molecule has 0 atom stereocenters. The van der Waals surface area contributed by atoms with E-state index in [2.05, 4.69) is 10.0 Å². The van der Waals surface area contributed by atoms with Gasteiger partial charge in [-0.2, -0.15) is 0 Å². The Labute approximate surface area is 123 Å². The zero-order valence-corrected chi connectivity index (χ0v) is 13.3. The first-order chi connectivity index (χ1) is 9.63. The first kappa shape index (κ1) is 18.0. The molecular weight excluding hydrogens is 302 g/mol. The highest BCUT2D eigenvalue weighted by molar-refractivity contribution is 7.89. The standard InChI is InChI=1S/C13H20F2N2O3S/c1-13(2,8-20-4)17-21(18,19)11-6-9(7-16-3)5-10(14)12(11)15/h5-6,16-17H,7-8H2,1-4H3. The Bertz CT molecular complexity index is 604. The number of methoxy groups -OCH3 is 1. The lowest BCUT2D eigenvalue weighted by Gasteiger charge is -2.25. The zero-order chi connectivity index (χ0) is 16.3. The van der Waals surface area contributed by atoms with Crippen LogP contribution in [-0.4, -0.2) is 34.7 Å². The summed E-state index contributed by atoms with van der Waals surface area (Å²) >= 11 is 0. The summed E-state index contributed by atoms with van der Waals surface area (Å²) in [5.41, 5.74) is -0.614. The van der Waals surface area contributed by atoms with E-state index in [4.69, 9.17) is 4.74 Å². The van der Waals surface area contributed by atoms with Crippen LogP contribution in [0, 0.1) is 11.6 Å². The largest absolute Gasteiger partial charge is 0.383 e. The van der Waals surface area contributed by atoms with Crippen LogP contribution in [0.1, 0.15) is 19.4 Å². The number of sulfonamides is 1. The minimum atomic E-state index is -4.21. The summed E-state index contributed by atoms with van der Waals surface area (Å²) in [6, 6.07) is 2.07. The Morgan fingerprint density at radius 3 is 2.43 bits per heavy atom. The van der Waals surface area contributed by atoms with E-state index in [-0.39, 0.29) is 13.2 Å². The van der Waals surface area contributed by atoms with E-state index in [1.165, 1.54) is 7.11 Å². The summed E-state index contributed by atoms with van der Waals surface area (Å²) in [6.45, 7) is 3.48. The molecule has 0 saturated carbocycles. The number of hydrogen-bond acceptors (Lipinski definition) is 4. The van der Waals surface area contributed by atoms with Crippen molar-refractivity contribution in [1.29, 1.82) is 0 Å². The number of hydrogen-bond donors (Lipinski definition) is 2. The van der Waals surface area contributed by atoms with Gasteiger partial charge >= 0.3 is 0 Å². The summed E-state index contributed by atoms with van der Waals surface area (Å²) in [5, 5.41) is 2.75. The van der Waals surface area contributed by atoms with Gasteiger partial charge in [-0.1, -0.05) is 0 Å². The zero-order valence-electron chi connectivity index (χ0n) is 12.5. The second-order valence-corrected chi connectivity index (χ2v) is 6.99. The molecule has 1 rings (SSSR count). The minimum Gasteiger partial charge on any atom is -0.383 e. The summed E-state index contributed by atoms with van der Waals surface area (Å²) < 4.78 is 59.1. The summed E-state index contributed by atoms with van der Waals surface area (Å²) in [4.78, 5) is -0.711. The highest BCUT2D eigenvalue weighted by atomic mass is 32.2. The molecule has 0 spiro atoms. The molecule has 1 aromatic carbocycles. The minimum absolute atomic E-state index is 0.0898. The van der Waals surface area contributed by atoms with Crippen molar-refractivity contribution < 1.29 is 21.9 Å². The fraction of sp³-hybridized carbons (Fsp3) is 0.538. The molecule has 0 heterocycles. The van der Waals surface area contributed by atoms with Crippen LogP contribution in [0.5, 0.6) is 0 Å². The van der Waals surface area contributed by atoms with Crippen LogP contribution in [0.25, 0.3) is 0 Å². The molecule has 5 nitrogen and oxygen atoms in total. The van der Waals surface area contributed by atoms with E-state index in [0.29, 0.717) is 5.56 Å². The lowest BCUT2D eigenvalue weighted by atomic mass is 10.1. The molecule has 0 aliphatic rings. The van der Waals surface area contributed by atoms with E-state index in [1.54, 1.807) is 20.9 Å². The third kappa shape index (κ3) is 4.70. The topological polar surface area (TPSA) is 67.4 Å². The van der Waals surface area contributed by atoms with Gasteiger partial charge in [-0.25, -0.2) is 21.9 Å². The second kappa shape index (κ2) is 6.78. The van der Waals surface area contributed by atoms with Crippen LogP contribution in [-0.2, 0) is 21.3 Å². The third-order valence-electron chi connectivity index (χ3n) is 2.64. The molecule has 0 aromatic heterocycles. The van der Waals surface area contributed by atoms with Gasteiger partial charge < -0.3 is 10.1 Å². The van der Waals surface area contributed by atoms with E-state index < -0.39 is 32.1 Å². The summed E-state index contributed by atoms with van der Waals surface area (Å²) in [7, 11) is -1.17. The van der Waals surface area contributed by atoms with Gasteiger partial charge in [0.25, 0.3) is 0 Å². The predicted octanol–water partition coefficient (Wildman–Crippen LogP) is 1.39. The molecule has 120 valence electrons. The normalized spacial score (nSPS) is 12.7. The molecule has 0 unspecified atom stereocenters. The SMILES string of the molecule is CNCc1cc(F)c(F)c(S(=O)(=O)NC(C)(C)COC)c1. The Morgan fingerprint density at radius 2 is 1.90 bits per heavy atom. The number of halogens is 2. The van der Waals surface area contributed by atoms with Crippen molar-refractivity contribution in [3.63, 3.8) is 0 Å². The van der Waals surface area contributed by atoms with Crippen molar-refractivity contribution in [2.24, 2.45) is 0 Å². The molecule has 1 aromatic rings. The highest BCUT2D eigenvalue weighted by Gasteiger charge is 2.29. The van der Waals surface area contributed by atoms with Gasteiger partial charge in [0.05, 0.1) is 12.1 Å². The number of nitrogens with one attached hydrogen (secondary N) is 2. The van der Waals surface area contributed by atoms with E-state index in [1.807, 2.05) is 0 Å². The van der Waals surface area contributed by atoms with Crippen LogP contribution >= 0.6 is 0 Å². The van der Waals surface area contributed by atoms with Crippen molar-refractivity contribution in [3.8, 4) is 0 Å². The Morgan fingerprint density at radius 1 is 1.29 bits per heavy atom. The number of benzene rings is 1. The molecule has 8 heteroatoms. The van der Waals surface area contributed by atoms with Gasteiger partial charge in [-0.15, -0.1) is 0 Å². The molecule has 21 heavy (non-hydrogen) atoms. The Kier molecular flexibility index (Phi) is 5.80. The smallest absolute Gasteiger partial charge is 0.244 e. The van der Waals surface area contributed by atoms with Crippen molar-refractivity contribution in [1.82, 2.24) is 10.0 Å². The van der Waals surface area contributed by atoms with Gasteiger partial charge in [0.2, 0.25) is 10.0 Å². The summed E-state index contributed by atoms with van der Waals surface area (Å²) in [5.74, 6) is -2.59. The Balaban J connectivity index is 3.24. The van der Waals surface area contributed by atoms with Crippen LogP contribution < -0.4 is 10.0 Å². The molecule has 0 amide bonds. The molecule has 0 fully saturated rings. The molecule has 0 bridgehead atoms. The molecule has 2 N–H and O–H groups in total. The van der Waals surface area contributed by atoms with Crippen molar-refractivity contribution in [2.75, 3.05) is 20.8 Å². The van der Waals surface area contributed by atoms with E-state index in [0.717, 1.165) is 12.1 Å². The van der Waals surface area contributed by atoms with Gasteiger partial charge in [-0.3, -0.25) is 0 Å². The fourth-order valence-electron chi connectivity index (χ4n) is 1.93. The maximum absolute atomic E-state index is 13.8. The quantitative estimate of drug-likeness (QED) is 0.796. The lowest BCUT2D eigenvalue weighted by Crippen LogP contribution is -2.46. The molecule has 0 aliphatic carbocycles. The average molecular weight is 322 g/mol. The van der Waals surface area contributed by atoms with Crippen molar-refractivity contribution >= 4 is 10.0 Å². The third-order valence-corrected chi connectivity index (χ3v) is 4.34. The van der Waals surface area contributed by atoms with E-state index in [9.17, 15) is 17.2 Å². The van der Waals surface area contributed by atoms with Crippen LogP contribution in [0.4, 0.5) is 8.78 Å². The lowest BCUT2D eigenvalue weighted by molar-refractivity contribution is 0.141. The molecule has 0 radical (unpaired) electrons. The van der Waals surface area contributed by atoms with Crippen molar-refractivity contribution in [3.05, 3.63) is 29.3 Å². The number of rotatable bonds is 7. The van der Waals surface area contributed by atoms with Crippen molar-refractivity contribution in [2.45, 2.75) is 30.8 Å². The molecular formula is C13H20F2N2O3S. The maximum atomic E-state index is 13.8. The maximum Gasteiger partial charge on any atom is 0.244 e. The predicted molar refractivity (Wildman–Crippen MR) is 75.4 cm³/mol. The molecule has 0 saturated heterocycles. The summed E-state index contributed by atoms with van der Waals surface area (Å²) in [6.07, 6.45) is 0. The number of ether oxygens (including phenoxy) is 1. The highest BCUT2D eigenvalue weighted by Crippen LogP contribution is 2.21. The van der Waals surface area contributed by atoms with Gasteiger partial charge in [0.15, 0.2) is 11.6 Å². The van der Waals surface area contributed by atoms with Crippen LogP contribution in [0.15, 0.2) is 17.0 Å².